The maximum Gasteiger partial charge on any atom is 0.387 e. The largest absolute Gasteiger partial charge is 0.493 e. The lowest BCUT2D eigenvalue weighted by Gasteiger charge is -2.15. The number of methoxy groups -OCH3 is 1. The second kappa shape index (κ2) is 7.13. The highest BCUT2D eigenvalue weighted by molar-refractivity contribution is 6.30. The van der Waals surface area contributed by atoms with Crippen LogP contribution in [0.3, 0.4) is 0 Å². The van der Waals surface area contributed by atoms with Gasteiger partial charge in [-0.1, -0.05) is 29.8 Å². The van der Waals surface area contributed by atoms with Gasteiger partial charge >= 0.3 is 6.61 Å². The van der Waals surface area contributed by atoms with E-state index >= 15 is 0 Å². The third kappa shape index (κ3) is 4.23. The number of benzene rings is 2. The summed E-state index contributed by atoms with van der Waals surface area (Å²) in [5.74, 6) is 0.297. The van der Waals surface area contributed by atoms with Gasteiger partial charge in [-0.05, 0) is 24.3 Å². The van der Waals surface area contributed by atoms with Crippen molar-refractivity contribution < 1.29 is 18.3 Å². The van der Waals surface area contributed by atoms with Crippen molar-refractivity contribution in [3.8, 4) is 11.5 Å². The lowest BCUT2D eigenvalue weighted by molar-refractivity contribution is -0.0517. The van der Waals surface area contributed by atoms with Crippen molar-refractivity contribution in [3.05, 3.63) is 53.1 Å². The molecule has 0 aliphatic carbocycles. The lowest BCUT2D eigenvalue weighted by atomic mass is 10.1. The molecule has 0 aromatic heterocycles. The number of hydrogen-bond donors (Lipinski definition) is 1. The van der Waals surface area contributed by atoms with Gasteiger partial charge in [0, 0.05) is 22.8 Å². The van der Waals surface area contributed by atoms with Crippen LogP contribution in [0, 0.1) is 0 Å². The number of nitrogens with one attached hydrogen (secondary N) is 1. The quantitative estimate of drug-likeness (QED) is 0.848. The molecule has 112 valence electrons. The molecular formula is C15H14ClF2NO2. The Morgan fingerprint density at radius 2 is 1.95 bits per heavy atom. The molecule has 0 atom stereocenters. The summed E-state index contributed by atoms with van der Waals surface area (Å²) < 4.78 is 34.6. The topological polar surface area (TPSA) is 30.5 Å². The maximum atomic E-state index is 12.5. The Morgan fingerprint density at radius 3 is 2.62 bits per heavy atom. The van der Waals surface area contributed by atoms with E-state index in [1.807, 2.05) is 6.07 Å². The van der Waals surface area contributed by atoms with Crippen molar-refractivity contribution in [2.24, 2.45) is 0 Å². The first-order valence-corrected chi connectivity index (χ1v) is 6.58. The van der Waals surface area contributed by atoms with Gasteiger partial charge in [-0.2, -0.15) is 8.78 Å². The highest BCUT2D eigenvalue weighted by Crippen LogP contribution is 2.33. The van der Waals surface area contributed by atoms with E-state index in [0.29, 0.717) is 17.1 Å². The van der Waals surface area contributed by atoms with Crippen LogP contribution < -0.4 is 14.8 Å². The zero-order valence-corrected chi connectivity index (χ0v) is 12.0. The van der Waals surface area contributed by atoms with Crippen LogP contribution in [0.1, 0.15) is 5.56 Å². The van der Waals surface area contributed by atoms with Crippen LogP contribution in [-0.2, 0) is 6.54 Å². The number of para-hydroxylation sites is 1. The van der Waals surface area contributed by atoms with Gasteiger partial charge in [0.1, 0.15) is 0 Å². The monoisotopic (exact) mass is 313 g/mol. The van der Waals surface area contributed by atoms with E-state index in [4.69, 9.17) is 16.3 Å². The van der Waals surface area contributed by atoms with Gasteiger partial charge < -0.3 is 14.8 Å². The second-order valence-corrected chi connectivity index (χ2v) is 4.63. The standard InChI is InChI=1S/C15H14ClF2NO2/c1-20-13-7-2-4-10(14(13)21-15(17)18)9-19-12-6-3-5-11(16)8-12/h2-8,15,19H,9H2,1H3. The lowest BCUT2D eigenvalue weighted by Crippen LogP contribution is -2.08. The van der Waals surface area contributed by atoms with Crippen molar-refractivity contribution in [3.63, 3.8) is 0 Å². The van der Waals surface area contributed by atoms with Gasteiger partial charge in [-0.3, -0.25) is 0 Å². The van der Waals surface area contributed by atoms with Crippen LogP contribution in [0.4, 0.5) is 14.5 Å². The predicted octanol–water partition coefficient (Wildman–Crippen LogP) is 4.56. The van der Waals surface area contributed by atoms with Crippen LogP contribution in [-0.4, -0.2) is 13.7 Å². The molecule has 2 aromatic rings. The van der Waals surface area contributed by atoms with E-state index < -0.39 is 6.61 Å². The minimum Gasteiger partial charge on any atom is -0.493 e. The molecule has 2 aromatic carbocycles. The van der Waals surface area contributed by atoms with Gasteiger partial charge in [0.25, 0.3) is 0 Å². The number of alkyl halides is 2. The fourth-order valence-corrected chi connectivity index (χ4v) is 2.07. The average molecular weight is 314 g/mol. The average Bonchev–Trinajstić information content (AvgIpc) is 2.45. The Bertz CT molecular complexity index is 608. The summed E-state index contributed by atoms with van der Waals surface area (Å²) in [6.07, 6.45) is 0. The Morgan fingerprint density at radius 1 is 1.19 bits per heavy atom. The molecule has 6 heteroatoms. The predicted molar refractivity (Wildman–Crippen MR) is 78.4 cm³/mol. The van der Waals surface area contributed by atoms with Gasteiger partial charge in [0.15, 0.2) is 11.5 Å². The smallest absolute Gasteiger partial charge is 0.387 e. The molecule has 0 fully saturated rings. The van der Waals surface area contributed by atoms with Gasteiger partial charge in [-0.25, -0.2) is 0 Å². The summed E-state index contributed by atoms with van der Waals surface area (Å²) in [6, 6.07) is 12.1. The number of anilines is 1. The highest BCUT2D eigenvalue weighted by atomic mass is 35.5. The summed E-state index contributed by atoms with van der Waals surface area (Å²) in [7, 11) is 1.40. The van der Waals surface area contributed by atoms with Crippen molar-refractivity contribution in [1.82, 2.24) is 0 Å². The molecule has 0 bridgehead atoms. The Labute approximate surface area is 126 Å². The molecule has 0 saturated carbocycles. The highest BCUT2D eigenvalue weighted by Gasteiger charge is 2.15. The molecule has 0 heterocycles. The Kier molecular flexibility index (Phi) is 5.22. The maximum absolute atomic E-state index is 12.5. The van der Waals surface area contributed by atoms with Gasteiger partial charge in [0.05, 0.1) is 7.11 Å². The molecule has 0 unspecified atom stereocenters. The van der Waals surface area contributed by atoms with Gasteiger partial charge in [0.2, 0.25) is 0 Å². The Balaban J connectivity index is 2.19. The van der Waals surface area contributed by atoms with Crippen LogP contribution >= 0.6 is 11.6 Å². The summed E-state index contributed by atoms with van der Waals surface area (Å²) in [5, 5.41) is 3.69. The fourth-order valence-electron chi connectivity index (χ4n) is 1.88. The summed E-state index contributed by atoms with van der Waals surface area (Å²) >= 11 is 5.89. The van der Waals surface area contributed by atoms with E-state index in [0.717, 1.165) is 5.69 Å². The third-order valence-electron chi connectivity index (χ3n) is 2.79. The SMILES string of the molecule is COc1cccc(CNc2cccc(Cl)c2)c1OC(F)F. The zero-order chi connectivity index (χ0) is 15.2. The fraction of sp³-hybridized carbons (Fsp3) is 0.200. The Hall–Kier alpha value is -2.01. The van der Waals surface area contributed by atoms with Gasteiger partial charge in [-0.15, -0.1) is 0 Å². The van der Waals surface area contributed by atoms with Crippen molar-refractivity contribution in [1.29, 1.82) is 0 Å². The first kappa shape index (κ1) is 15.4. The first-order valence-electron chi connectivity index (χ1n) is 6.20. The summed E-state index contributed by atoms with van der Waals surface area (Å²) in [5.41, 5.74) is 1.35. The molecular weight excluding hydrogens is 300 g/mol. The third-order valence-corrected chi connectivity index (χ3v) is 3.03. The second-order valence-electron chi connectivity index (χ2n) is 4.19. The molecule has 2 rings (SSSR count). The number of ether oxygens (including phenoxy) is 2. The van der Waals surface area contributed by atoms with E-state index in [9.17, 15) is 8.78 Å². The van der Waals surface area contributed by atoms with Crippen molar-refractivity contribution >= 4 is 17.3 Å². The molecule has 0 spiro atoms. The molecule has 1 N–H and O–H groups in total. The van der Waals surface area contributed by atoms with Crippen molar-refractivity contribution in [2.75, 3.05) is 12.4 Å². The summed E-state index contributed by atoms with van der Waals surface area (Å²) in [4.78, 5) is 0. The number of rotatable bonds is 6. The van der Waals surface area contributed by atoms with Crippen LogP contribution in [0.15, 0.2) is 42.5 Å². The minimum absolute atomic E-state index is 0.0320. The summed E-state index contributed by atoms with van der Waals surface area (Å²) in [6.45, 7) is -2.61. The zero-order valence-electron chi connectivity index (χ0n) is 11.3. The normalized spacial score (nSPS) is 10.5. The van der Waals surface area contributed by atoms with E-state index in [-0.39, 0.29) is 11.5 Å². The van der Waals surface area contributed by atoms with Crippen molar-refractivity contribution in [2.45, 2.75) is 13.2 Å². The first-order chi connectivity index (χ1) is 10.1. The molecule has 0 radical (unpaired) electrons. The van der Waals surface area contributed by atoms with Crippen LogP contribution in [0.25, 0.3) is 0 Å². The molecule has 0 aliphatic heterocycles. The minimum atomic E-state index is -2.91. The molecule has 0 aliphatic rings. The van der Waals surface area contributed by atoms with E-state index in [1.54, 1.807) is 36.4 Å². The van der Waals surface area contributed by atoms with E-state index in [1.165, 1.54) is 7.11 Å². The molecule has 0 amide bonds. The molecule has 21 heavy (non-hydrogen) atoms. The van der Waals surface area contributed by atoms with Crippen LogP contribution in [0.5, 0.6) is 11.5 Å². The number of halogens is 3. The molecule has 0 saturated heterocycles. The number of hydrogen-bond acceptors (Lipinski definition) is 3. The van der Waals surface area contributed by atoms with Crippen LogP contribution in [0.2, 0.25) is 5.02 Å². The molecule has 3 nitrogen and oxygen atoms in total. The van der Waals surface area contributed by atoms with E-state index in [2.05, 4.69) is 10.1 Å².